The molecule has 1 aromatic carbocycles. The molecule has 18 heavy (non-hydrogen) atoms. The van der Waals surface area contributed by atoms with Crippen molar-refractivity contribution in [3.8, 4) is 0 Å². The first-order valence-corrected chi connectivity index (χ1v) is 6.67. The maximum absolute atomic E-state index is 9.30. The van der Waals surface area contributed by atoms with Crippen molar-refractivity contribution in [2.24, 2.45) is 0 Å². The van der Waals surface area contributed by atoms with Gasteiger partial charge in [-0.2, -0.15) is 0 Å². The van der Waals surface area contributed by atoms with Gasteiger partial charge in [0.05, 0.1) is 6.61 Å². The molecule has 0 aliphatic carbocycles. The van der Waals surface area contributed by atoms with Gasteiger partial charge in [-0.1, -0.05) is 18.2 Å². The smallest absolute Gasteiger partial charge is 0.0610 e. The molecule has 2 N–H and O–H groups in total. The molecule has 0 spiro atoms. The van der Waals surface area contributed by atoms with Crippen molar-refractivity contribution >= 4 is 5.69 Å². The quantitative estimate of drug-likeness (QED) is 0.695. The monoisotopic (exact) mass is 250 g/mol. The van der Waals surface area contributed by atoms with E-state index in [-0.39, 0.29) is 12.1 Å². The summed E-state index contributed by atoms with van der Waals surface area (Å²) in [5.41, 5.74) is 1.13. The molecule has 0 aliphatic rings. The summed E-state index contributed by atoms with van der Waals surface area (Å²) < 4.78 is 0. The number of nitrogens with one attached hydrogen (secondary N) is 1. The summed E-state index contributed by atoms with van der Waals surface area (Å²) in [7, 11) is 4.03. The van der Waals surface area contributed by atoms with Crippen molar-refractivity contribution in [2.75, 3.05) is 32.1 Å². The van der Waals surface area contributed by atoms with Crippen LogP contribution < -0.4 is 10.2 Å². The second kappa shape index (κ2) is 7.39. The van der Waals surface area contributed by atoms with E-state index in [0.717, 1.165) is 25.8 Å². The number of unbranched alkanes of at least 4 members (excludes halogenated alkanes) is 1. The van der Waals surface area contributed by atoms with E-state index in [4.69, 9.17) is 0 Å². The number of aliphatic hydroxyl groups excluding tert-OH is 1. The average molecular weight is 250 g/mol. The van der Waals surface area contributed by atoms with Gasteiger partial charge in [0.25, 0.3) is 0 Å². The average Bonchev–Trinajstić information content (AvgIpc) is 2.44. The lowest BCUT2D eigenvalue weighted by atomic mass is 9.96. The number of aliphatic hydroxyl groups is 1. The minimum Gasteiger partial charge on any atom is -0.394 e. The van der Waals surface area contributed by atoms with Crippen molar-refractivity contribution in [2.45, 2.75) is 31.7 Å². The summed E-state index contributed by atoms with van der Waals surface area (Å²) in [5, 5.41) is 12.5. The molecule has 1 rings (SSSR count). The van der Waals surface area contributed by atoms with E-state index >= 15 is 0 Å². The van der Waals surface area contributed by atoms with Gasteiger partial charge in [-0.15, -0.1) is 0 Å². The Morgan fingerprint density at radius 1 is 1.22 bits per heavy atom. The van der Waals surface area contributed by atoms with Crippen molar-refractivity contribution in [1.29, 1.82) is 0 Å². The van der Waals surface area contributed by atoms with Gasteiger partial charge >= 0.3 is 0 Å². The first-order valence-electron chi connectivity index (χ1n) is 6.67. The van der Waals surface area contributed by atoms with Crippen LogP contribution >= 0.6 is 0 Å². The van der Waals surface area contributed by atoms with Crippen LogP contribution in [0.5, 0.6) is 0 Å². The molecule has 0 radical (unpaired) electrons. The highest BCUT2D eigenvalue weighted by Crippen LogP contribution is 2.15. The maximum Gasteiger partial charge on any atom is 0.0610 e. The second-order valence-corrected chi connectivity index (χ2v) is 5.18. The van der Waals surface area contributed by atoms with E-state index in [1.807, 2.05) is 13.1 Å². The van der Waals surface area contributed by atoms with Crippen LogP contribution in [0, 0.1) is 0 Å². The topological polar surface area (TPSA) is 35.5 Å². The number of likely N-dealkylation sites (N-methyl/N-ethyl adjacent to an activating group) is 1. The fourth-order valence-corrected chi connectivity index (χ4v) is 1.96. The van der Waals surface area contributed by atoms with E-state index in [9.17, 15) is 5.11 Å². The lowest BCUT2D eigenvalue weighted by Gasteiger charge is -2.27. The number of rotatable bonds is 8. The molecule has 0 aromatic heterocycles. The molecule has 0 aliphatic heterocycles. The van der Waals surface area contributed by atoms with Crippen molar-refractivity contribution in [3.05, 3.63) is 30.3 Å². The van der Waals surface area contributed by atoms with E-state index in [0.29, 0.717) is 0 Å². The van der Waals surface area contributed by atoms with Crippen molar-refractivity contribution in [1.82, 2.24) is 5.32 Å². The molecule has 0 heterocycles. The minimum absolute atomic E-state index is 0.134. The summed E-state index contributed by atoms with van der Waals surface area (Å²) in [4.78, 5) is 2.27. The van der Waals surface area contributed by atoms with Crippen LogP contribution in [0.4, 0.5) is 5.69 Å². The van der Waals surface area contributed by atoms with E-state index in [1.54, 1.807) is 0 Å². The van der Waals surface area contributed by atoms with Gasteiger partial charge in [0, 0.05) is 24.8 Å². The number of hydrogen-bond acceptors (Lipinski definition) is 3. The molecule has 1 unspecified atom stereocenters. The van der Waals surface area contributed by atoms with Crippen molar-refractivity contribution in [3.63, 3.8) is 0 Å². The minimum atomic E-state index is -0.134. The predicted molar refractivity (Wildman–Crippen MR) is 78.1 cm³/mol. The zero-order valence-corrected chi connectivity index (χ0v) is 11.8. The molecular weight excluding hydrogens is 224 g/mol. The number of benzene rings is 1. The molecule has 1 aromatic rings. The number of nitrogens with zero attached hydrogens (tertiary/aromatic N) is 1. The number of hydrogen-bond donors (Lipinski definition) is 2. The fraction of sp³-hybridized carbons (Fsp3) is 0.600. The van der Waals surface area contributed by atoms with Crippen LogP contribution in [0.2, 0.25) is 0 Å². The highest BCUT2D eigenvalue weighted by Gasteiger charge is 2.19. The zero-order valence-electron chi connectivity index (χ0n) is 11.8. The van der Waals surface area contributed by atoms with Crippen LogP contribution in [0.3, 0.4) is 0 Å². The van der Waals surface area contributed by atoms with Crippen LogP contribution in [-0.2, 0) is 0 Å². The lowest BCUT2D eigenvalue weighted by Crippen LogP contribution is -2.43. The molecular formula is C15H26N2O. The molecule has 0 saturated carbocycles. The summed E-state index contributed by atoms with van der Waals surface area (Å²) in [6, 6.07) is 10.4. The Labute approximate surface area is 111 Å². The SMILES string of the molecule is CNC(C)(CO)CCCCN(C)c1ccccc1. The third-order valence-electron chi connectivity index (χ3n) is 3.62. The molecule has 0 saturated heterocycles. The second-order valence-electron chi connectivity index (χ2n) is 5.18. The Kier molecular flexibility index (Phi) is 6.16. The van der Waals surface area contributed by atoms with Gasteiger partial charge in [0.1, 0.15) is 0 Å². The molecule has 0 fully saturated rings. The number of para-hydroxylation sites is 1. The highest BCUT2D eigenvalue weighted by molar-refractivity contribution is 5.44. The zero-order chi connectivity index (χ0) is 13.4. The summed E-state index contributed by atoms with van der Waals surface area (Å²) >= 11 is 0. The van der Waals surface area contributed by atoms with E-state index < -0.39 is 0 Å². The largest absolute Gasteiger partial charge is 0.394 e. The fourth-order valence-electron chi connectivity index (χ4n) is 1.96. The predicted octanol–water partition coefficient (Wildman–Crippen LogP) is 2.26. The van der Waals surface area contributed by atoms with E-state index in [2.05, 4.69) is 48.5 Å². The molecule has 3 nitrogen and oxygen atoms in total. The van der Waals surface area contributed by atoms with Crippen LogP contribution in [0.15, 0.2) is 30.3 Å². The molecule has 3 heteroatoms. The third-order valence-corrected chi connectivity index (χ3v) is 3.62. The Morgan fingerprint density at radius 2 is 1.89 bits per heavy atom. The third kappa shape index (κ3) is 4.67. The van der Waals surface area contributed by atoms with Gasteiger partial charge in [-0.25, -0.2) is 0 Å². The normalized spacial score (nSPS) is 14.2. The Morgan fingerprint density at radius 3 is 2.44 bits per heavy atom. The van der Waals surface area contributed by atoms with Crippen LogP contribution in [0.1, 0.15) is 26.2 Å². The van der Waals surface area contributed by atoms with Crippen LogP contribution in [-0.4, -0.2) is 37.9 Å². The summed E-state index contributed by atoms with van der Waals surface area (Å²) in [6.07, 6.45) is 3.26. The maximum atomic E-state index is 9.30. The standard InChI is InChI=1S/C15H26N2O/c1-15(13-18,16-2)11-7-8-12-17(3)14-9-5-4-6-10-14/h4-6,9-10,16,18H,7-8,11-13H2,1-3H3. The Balaban J connectivity index is 2.26. The first kappa shape index (κ1) is 15.0. The highest BCUT2D eigenvalue weighted by atomic mass is 16.3. The van der Waals surface area contributed by atoms with Gasteiger partial charge in [0.2, 0.25) is 0 Å². The molecule has 102 valence electrons. The number of anilines is 1. The van der Waals surface area contributed by atoms with E-state index in [1.165, 1.54) is 5.69 Å². The lowest BCUT2D eigenvalue weighted by molar-refractivity contribution is 0.171. The summed E-state index contributed by atoms with van der Waals surface area (Å²) in [6.45, 7) is 3.31. The molecule has 0 bridgehead atoms. The molecule has 0 amide bonds. The summed E-state index contributed by atoms with van der Waals surface area (Å²) in [5.74, 6) is 0. The Hall–Kier alpha value is -1.06. The Bertz CT molecular complexity index is 323. The van der Waals surface area contributed by atoms with Gasteiger partial charge in [-0.3, -0.25) is 0 Å². The van der Waals surface area contributed by atoms with Gasteiger partial charge < -0.3 is 15.3 Å². The van der Waals surface area contributed by atoms with Gasteiger partial charge in [0.15, 0.2) is 0 Å². The van der Waals surface area contributed by atoms with Crippen molar-refractivity contribution < 1.29 is 5.11 Å². The van der Waals surface area contributed by atoms with Crippen LogP contribution in [0.25, 0.3) is 0 Å². The first-order chi connectivity index (χ1) is 8.61. The molecule has 1 atom stereocenters. The van der Waals surface area contributed by atoms with Gasteiger partial charge in [-0.05, 0) is 45.4 Å².